The predicted octanol–water partition coefficient (Wildman–Crippen LogP) is 1.91. The zero-order chi connectivity index (χ0) is 15.1. The number of amides is 1. The summed E-state index contributed by atoms with van der Waals surface area (Å²) < 4.78 is 0. The number of likely N-dealkylation sites (N-methyl/N-ethyl adjacent to an activating group) is 2. The Kier molecular flexibility index (Phi) is 7.52. The molecule has 0 bridgehead atoms. The van der Waals surface area contributed by atoms with E-state index in [2.05, 4.69) is 18.9 Å². The highest BCUT2D eigenvalue weighted by Crippen LogP contribution is 2.26. The lowest BCUT2D eigenvalue weighted by molar-refractivity contribution is -0.130. The average molecular weight is 283 g/mol. The molecule has 1 amide bonds. The molecular weight excluding hydrogens is 250 g/mol. The molecule has 0 radical (unpaired) electrons. The lowest BCUT2D eigenvalue weighted by Crippen LogP contribution is -2.39. The number of carbonyl (C=O) groups excluding carboxylic acids is 1. The Bertz CT molecular complexity index is 285. The van der Waals surface area contributed by atoms with Gasteiger partial charge >= 0.3 is 0 Å². The molecule has 0 unspecified atom stereocenters. The van der Waals surface area contributed by atoms with Crippen LogP contribution < -0.4 is 0 Å². The normalized spacial score (nSPS) is 23.4. The lowest BCUT2D eigenvalue weighted by Gasteiger charge is -2.34. The average Bonchev–Trinajstić information content (AvgIpc) is 2.38. The maximum Gasteiger partial charge on any atom is 0.236 e. The van der Waals surface area contributed by atoms with Crippen molar-refractivity contribution in [2.75, 3.05) is 47.8 Å². The summed E-state index contributed by atoms with van der Waals surface area (Å²) in [6.45, 7) is 4.83. The van der Waals surface area contributed by atoms with Gasteiger partial charge in [-0.25, -0.2) is 0 Å². The van der Waals surface area contributed by atoms with Gasteiger partial charge < -0.3 is 14.7 Å². The van der Waals surface area contributed by atoms with Crippen LogP contribution in [0.4, 0.5) is 0 Å². The van der Waals surface area contributed by atoms with Crippen LogP contribution in [0.1, 0.15) is 39.0 Å². The van der Waals surface area contributed by atoms with E-state index in [0.717, 1.165) is 31.5 Å². The van der Waals surface area contributed by atoms with E-state index in [1.54, 1.807) is 0 Å². The van der Waals surface area contributed by atoms with E-state index in [1.807, 2.05) is 30.9 Å². The quantitative estimate of drug-likeness (QED) is 0.714. The fourth-order valence-corrected chi connectivity index (χ4v) is 2.94. The molecule has 0 saturated heterocycles. The van der Waals surface area contributed by atoms with E-state index in [1.165, 1.54) is 25.7 Å². The zero-order valence-corrected chi connectivity index (χ0v) is 14.1. The third-order valence-corrected chi connectivity index (χ3v) is 4.49. The van der Waals surface area contributed by atoms with Crippen molar-refractivity contribution in [3.63, 3.8) is 0 Å². The van der Waals surface area contributed by atoms with Crippen LogP contribution in [0.15, 0.2) is 0 Å². The van der Waals surface area contributed by atoms with Crippen molar-refractivity contribution in [1.82, 2.24) is 14.7 Å². The molecule has 1 fully saturated rings. The van der Waals surface area contributed by atoms with Crippen LogP contribution in [0, 0.1) is 5.92 Å². The second-order valence-electron chi connectivity index (χ2n) is 6.80. The second kappa shape index (κ2) is 8.63. The summed E-state index contributed by atoms with van der Waals surface area (Å²) in [6, 6.07) is 0.758. The minimum Gasteiger partial charge on any atom is -0.345 e. The van der Waals surface area contributed by atoms with Gasteiger partial charge in [0.25, 0.3) is 0 Å². The van der Waals surface area contributed by atoms with Crippen molar-refractivity contribution in [3.05, 3.63) is 0 Å². The number of nitrogens with zero attached hydrogens (tertiary/aromatic N) is 3. The van der Waals surface area contributed by atoms with Crippen molar-refractivity contribution in [2.45, 2.75) is 45.1 Å². The number of hydrogen-bond acceptors (Lipinski definition) is 3. The van der Waals surface area contributed by atoms with Crippen LogP contribution in [-0.4, -0.2) is 74.5 Å². The first-order valence-corrected chi connectivity index (χ1v) is 7.99. The molecule has 1 saturated carbocycles. The van der Waals surface area contributed by atoms with Crippen LogP contribution in [0.2, 0.25) is 0 Å². The van der Waals surface area contributed by atoms with Gasteiger partial charge in [-0.2, -0.15) is 0 Å². The van der Waals surface area contributed by atoms with Crippen molar-refractivity contribution in [3.8, 4) is 0 Å². The summed E-state index contributed by atoms with van der Waals surface area (Å²) in [5.41, 5.74) is 0. The van der Waals surface area contributed by atoms with Crippen molar-refractivity contribution < 1.29 is 4.79 Å². The molecule has 0 N–H and O–H groups in total. The van der Waals surface area contributed by atoms with E-state index in [0.29, 0.717) is 6.54 Å². The molecule has 0 aromatic heterocycles. The molecule has 1 aliphatic carbocycles. The van der Waals surface area contributed by atoms with Crippen LogP contribution in [0.25, 0.3) is 0 Å². The molecule has 4 nitrogen and oxygen atoms in total. The Balaban J connectivity index is 2.18. The first-order chi connectivity index (χ1) is 9.40. The zero-order valence-electron chi connectivity index (χ0n) is 14.1. The van der Waals surface area contributed by atoms with Crippen molar-refractivity contribution in [2.24, 2.45) is 5.92 Å². The lowest BCUT2D eigenvalue weighted by atomic mass is 9.87. The standard InChI is InChI=1S/C16H33N3O/c1-14-7-9-15(10-8-14)18(4)11-6-12-19(5)16(20)13-17(2)3/h14-15H,6-13H2,1-5H3/t14-,15-. The summed E-state index contributed by atoms with van der Waals surface area (Å²) in [5.74, 6) is 1.12. The summed E-state index contributed by atoms with van der Waals surface area (Å²) in [5, 5.41) is 0. The molecule has 0 aliphatic heterocycles. The largest absolute Gasteiger partial charge is 0.345 e. The third kappa shape index (κ3) is 6.23. The molecule has 4 heteroatoms. The number of hydrogen-bond donors (Lipinski definition) is 0. The Morgan fingerprint density at radius 2 is 1.60 bits per heavy atom. The van der Waals surface area contributed by atoms with Gasteiger partial charge in [-0.15, -0.1) is 0 Å². The van der Waals surface area contributed by atoms with Crippen LogP contribution >= 0.6 is 0 Å². The van der Waals surface area contributed by atoms with Crippen molar-refractivity contribution in [1.29, 1.82) is 0 Å². The molecule has 1 aliphatic rings. The van der Waals surface area contributed by atoms with Gasteiger partial charge in [0.2, 0.25) is 5.91 Å². The Hall–Kier alpha value is -0.610. The number of carbonyl (C=O) groups is 1. The topological polar surface area (TPSA) is 26.8 Å². The van der Waals surface area contributed by atoms with Crippen LogP contribution in [0.3, 0.4) is 0 Å². The first kappa shape index (κ1) is 17.4. The van der Waals surface area contributed by atoms with Gasteiger partial charge in [0.1, 0.15) is 0 Å². The van der Waals surface area contributed by atoms with Gasteiger partial charge in [-0.05, 0) is 65.7 Å². The SMILES string of the molecule is CN(C)CC(=O)N(C)CCCN(C)[C@H]1CC[C@H](C)CC1. The summed E-state index contributed by atoms with van der Waals surface area (Å²) >= 11 is 0. The summed E-state index contributed by atoms with van der Waals surface area (Å²) in [7, 11) is 8.02. The highest BCUT2D eigenvalue weighted by atomic mass is 16.2. The molecule has 0 aromatic carbocycles. The minimum atomic E-state index is 0.212. The van der Waals surface area contributed by atoms with E-state index in [4.69, 9.17) is 0 Å². The second-order valence-corrected chi connectivity index (χ2v) is 6.80. The fourth-order valence-electron chi connectivity index (χ4n) is 2.94. The highest BCUT2D eigenvalue weighted by Gasteiger charge is 2.21. The number of rotatable bonds is 7. The maximum atomic E-state index is 11.8. The first-order valence-electron chi connectivity index (χ1n) is 7.99. The van der Waals surface area contributed by atoms with E-state index < -0.39 is 0 Å². The monoisotopic (exact) mass is 283 g/mol. The molecule has 0 atom stereocenters. The summed E-state index contributed by atoms with van der Waals surface area (Å²) in [6.07, 6.45) is 6.49. The Morgan fingerprint density at radius 1 is 1.00 bits per heavy atom. The van der Waals surface area contributed by atoms with Crippen LogP contribution in [-0.2, 0) is 4.79 Å². The molecule has 0 heterocycles. The van der Waals surface area contributed by atoms with Crippen molar-refractivity contribution >= 4 is 5.91 Å². The van der Waals surface area contributed by atoms with E-state index >= 15 is 0 Å². The predicted molar refractivity (Wildman–Crippen MR) is 84.9 cm³/mol. The van der Waals surface area contributed by atoms with E-state index in [9.17, 15) is 4.79 Å². The Morgan fingerprint density at radius 3 is 2.15 bits per heavy atom. The fraction of sp³-hybridized carbons (Fsp3) is 0.938. The highest BCUT2D eigenvalue weighted by molar-refractivity contribution is 5.77. The van der Waals surface area contributed by atoms with Gasteiger partial charge in [-0.3, -0.25) is 4.79 Å². The van der Waals surface area contributed by atoms with Crippen LogP contribution in [0.5, 0.6) is 0 Å². The van der Waals surface area contributed by atoms with Gasteiger partial charge in [-0.1, -0.05) is 6.92 Å². The smallest absolute Gasteiger partial charge is 0.236 e. The molecular formula is C16H33N3O. The summed E-state index contributed by atoms with van der Waals surface area (Å²) in [4.78, 5) is 18.1. The van der Waals surface area contributed by atoms with Gasteiger partial charge in [0.15, 0.2) is 0 Å². The molecule has 0 spiro atoms. The third-order valence-electron chi connectivity index (χ3n) is 4.49. The molecule has 0 aromatic rings. The van der Waals surface area contributed by atoms with Gasteiger partial charge in [0, 0.05) is 19.6 Å². The van der Waals surface area contributed by atoms with E-state index in [-0.39, 0.29) is 5.91 Å². The Labute approximate surface area is 125 Å². The molecule has 20 heavy (non-hydrogen) atoms. The molecule has 1 rings (SSSR count). The minimum absolute atomic E-state index is 0.212. The maximum absolute atomic E-state index is 11.8. The van der Waals surface area contributed by atoms with Gasteiger partial charge in [0.05, 0.1) is 6.54 Å². The molecule has 118 valence electrons.